The molecule has 0 unspecified atom stereocenters. The van der Waals surface area contributed by atoms with Gasteiger partial charge in [0.2, 0.25) is 0 Å². The number of nitrogens with zero attached hydrogens (tertiary/aromatic N) is 2. The first kappa shape index (κ1) is 25.9. The lowest BCUT2D eigenvalue weighted by Crippen LogP contribution is -2.44. The molecule has 2 aliphatic rings. The first-order chi connectivity index (χ1) is 17.8. The smallest absolute Gasteiger partial charge is 0.131 e. The minimum atomic E-state index is -0.935. The van der Waals surface area contributed by atoms with Gasteiger partial charge in [-0.25, -0.2) is 0 Å². The van der Waals surface area contributed by atoms with Crippen LogP contribution in [-0.4, -0.2) is 41.7 Å². The third kappa shape index (κ3) is 5.46. The summed E-state index contributed by atoms with van der Waals surface area (Å²) in [4.78, 5) is 7.10. The molecule has 0 atom stereocenters. The quantitative estimate of drug-likeness (QED) is 0.414. The molecule has 0 amide bonds. The van der Waals surface area contributed by atoms with Crippen molar-refractivity contribution >= 4 is 17.2 Å². The van der Waals surface area contributed by atoms with Gasteiger partial charge in [0.25, 0.3) is 0 Å². The number of benzene rings is 2. The van der Waals surface area contributed by atoms with Crippen molar-refractivity contribution < 1.29 is 14.6 Å². The lowest BCUT2D eigenvalue weighted by molar-refractivity contribution is -0.0621. The summed E-state index contributed by atoms with van der Waals surface area (Å²) in [6, 6.07) is 18.1. The maximum Gasteiger partial charge on any atom is 0.131 e. The summed E-state index contributed by atoms with van der Waals surface area (Å²) >= 11 is 6.11. The van der Waals surface area contributed by atoms with E-state index in [1.807, 2.05) is 57.5 Å². The monoisotopic (exact) mass is 518 g/mol. The molecule has 1 aromatic heterocycles. The SMILES string of the molecule is COC1(c2ccc(Cl)cc2)CCN(CCC=C2c3cc(C(C)(C)O)ccc3OCc3ncccc32)CC1. The summed E-state index contributed by atoms with van der Waals surface area (Å²) in [7, 11) is 1.81. The summed E-state index contributed by atoms with van der Waals surface area (Å²) < 4.78 is 12.2. The number of aromatic nitrogens is 1. The molecule has 1 saturated heterocycles. The summed E-state index contributed by atoms with van der Waals surface area (Å²) in [5.74, 6) is 0.822. The number of likely N-dealkylation sites (tertiary alicyclic amines) is 1. The Balaban J connectivity index is 1.35. The van der Waals surface area contributed by atoms with Crippen LogP contribution in [0.4, 0.5) is 0 Å². The van der Waals surface area contributed by atoms with E-state index in [-0.39, 0.29) is 5.60 Å². The van der Waals surface area contributed by atoms with Crippen molar-refractivity contribution in [2.75, 3.05) is 26.7 Å². The van der Waals surface area contributed by atoms with E-state index in [1.165, 1.54) is 5.56 Å². The Morgan fingerprint density at radius 2 is 1.86 bits per heavy atom. The molecule has 0 bridgehead atoms. The van der Waals surface area contributed by atoms with Crippen LogP contribution in [-0.2, 0) is 22.5 Å². The Morgan fingerprint density at radius 3 is 2.57 bits per heavy atom. The van der Waals surface area contributed by atoms with Crippen LogP contribution in [0.2, 0.25) is 5.02 Å². The zero-order chi connectivity index (χ0) is 26.0. The average molecular weight is 519 g/mol. The Bertz CT molecular complexity index is 1270. The van der Waals surface area contributed by atoms with Crippen LogP contribution < -0.4 is 4.74 Å². The molecule has 5 rings (SSSR count). The highest BCUT2D eigenvalue weighted by atomic mass is 35.5. The second-order valence-corrected chi connectivity index (χ2v) is 10.9. The topological polar surface area (TPSA) is 54.8 Å². The molecule has 6 heteroatoms. The molecule has 1 fully saturated rings. The van der Waals surface area contributed by atoms with Gasteiger partial charge in [-0.2, -0.15) is 0 Å². The van der Waals surface area contributed by atoms with Gasteiger partial charge < -0.3 is 19.5 Å². The number of pyridine rings is 1. The van der Waals surface area contributed by atoms with Crippen molar-refractivity contribution in [1.29, 1.82) is 0 Å². The van der Waals surface area contributed by atoms with Crippen LogP contribution in [0, 0.1) is 0 Å². The first-order valence-electron chi connectivity index (χ1n) is 13.0. The van der Waals surface area contributed by atoms with Crippen molar-refractivity contribution in [3.05, 3.63) is 99.8 Å². The van der Waals surface area contributed by atoms with Crippen molar-refractivity contribution in [2.24, 2.45) is 0 Å². The molecule has 3 heterocycles. The van der Waals surface area contributed by atoms with Crippen LogP contribution >= 0.6 is 11.6 Å². The number of rotatable bonds is 6. The maximum absolute atomic E-state index is 10.7. The highest BCUT2D eigenvalue weighted by Crippen LogP contribution is 2.39. The first-order valence-corrected chi connectivity index (χ1v) is 13.3. The van der Waals surface area contributed by atoms with Gasteiger partial charge in [0.15, 0.2) is 0 Å². The molecule has 2 aromatic carbocycles. The zero-order valence-corrected chi connectivity index (χ0v) is 22.6. The van der Waals surface area contributed by atoms with Crippen molar-refractivity contribution in [1.82, 2.24) is 9.88 Å². The van der Waals surface area contributed by atoms with Gasteiger partial charge in [-0.3, -0.25) is 4.98 Å². The molecular formula is C31H35ClN2O3. The third-order valence-corrected chi connectivity index (χ3v) is 7.99. The fraction of sp³-hybridized carbons (Fsp3) is 0.387. The average Bonchev–Trinajstić information content (AvgIpc) is 3.06. The van der Waals surface area contributed by atoms with Gasteiger partial charge in [-0.15, -0.1) is 0 Å². The molecule has 37 heavy (non-hydrogen) atoms. The van der Waals surface area contributed by atoms with E-state index in [2.05, 4.69) is 40.2 Å². The molecule has 194 valence electrons. The largest absolute Gasteiger partial charge is 0.487 e. The van der Waals surface area contributed by atoms with Gasteiger partial charge in [0.1, 0.15) is 12.4 Å². The van der Waals surface area contributed by atoms with E-state index in [1.54, 1.807) is 0 Å². The summed E-state index contributed by atoms with van der Waals surface area (Å²) in [5, 5.41) is 11.4. The van der Waals surface area contributed by atoms with Gasteiger partial charge >= 0.3 is 0 Å². The van der Waals surface area contributed by atoms with Crippen LogP contribution in [0.1, 0.15) is 61.1 Å². The van der Waals surface area contributed by atoms with E-state index in [9.17, 15) is 5.11 Å². The van der Waals surface area contributed by atoms with Crippen LogP contribution in [0.15, 0.2) is 66.9 Å². The second kappa shape index (κ2) is 10.6. The predicted molar refractivity (Wildman–Crippen MR) is 148 cm³/mol. The summed E-state index contributed by atoms with van der Waals surface area (Å²) in [6.07, 6.45) is 6.91. The van der Waals surface area contributed by atoms with Gasteiger partial charge in [-0.05, 0) is 80.1 Å². The number of methoxy groups -OCH3 is 1. The predicted octanol–water partition coefficient (Wildman–Crippen LogP) is 6.31. The molecule has 0 saturated carbocycles. The van der Waals surface area contributed by atoms with Crippen LogP contribution in [0.5, 0.6) is 5.75 Å². The van der Waals surface area contributed by atoms with E-state index in [0.29, 0.717) is 6.61 Å². The highest BCUT2D eigenvalue weighted by molar-refractivity contribution is 6.30. The van der Waals surface area contributed by atoms with Gasteiger partial charge in [0, 0.05) is 49.1 Å². The van der Waals surface area contributed by atoms with E-state index in [0.717, 1.165) is 77.6 Å². The number of hydrogen-bond donors (Lipinski definition) is 1. The zero-order valence-electron chi connectivity index (χ0n) is 21.8. The maximum atomic E-state index is 10.7. The molecular weight excluding hydrogens is 484 g/mol. The molecule has 0 aliphatic carbocycles. The number of halogens is 1. The fourth-order valence-electron chi connectivity index (χ4n) is 5.45. The number of aliphatic hydroxyl groups is 1. The number of piperidine rings is 1. The standard InChI is InChI=1S/C31H35ClN2O3/c1-30(2,35)23-10-13-29-27(20-23)25(26-6-4-16-33-28(26)21-37-29)7-5-17-34-18-14-31(36-3,15-19-34)22-8-11-24(32)12-9-22/h4,6-13,16,20,35H,5,14-15,17-19,21H2,1-3H3. The van der Waals surface area contributed by atoms with Gasteiger partial charge in [-0.1, -0.05) is 41.9 Å². The van der Waals surface area contributed by atoms with Crippen molar-refractivity contribution in [3.8, 4) is 5.75 Å². The number of fused-ring (bicyclic) bond motifs is 2. The Kier molecular flexibility index (Phi) is 7.42. The summed E-state index contributed by atoms with van der Waals surface area (Å²) in [5.41, 5.74) is 5.02. The molecule has 0 radical (unpaired) electrons. The normalized spacial score (nSPS) is 18.6. The Hall–Kier alpha value is -2.70. The minimum Gasteiger partial charge on any atom is -0.487 e. The molecule has 1 N–H and O–H groups in total. The molecule has 3 aromatic rings. The van der Waals surface area contributed by atoms with E-state index < -0.39 is 5.60 Å². The molecule has 5 nitrogen and oxygen atoms in total. The number of hydrogen-bond acceptors (Lipinski definition) is 5. The van der Waals surface area contributed by atoms with Crippen LogP contribution in [0.25, 0.3) is 5.57 Å². The molecule has 0 spiro atoms. The number of ether oxygens (including phenoxy) is 2. The lowest BCUT2D eigenvalue weighted by Gasteiger charge is -2.41. The van der Waals surface area contributed by atoms with Crippen molar-refractivity contribution in [2.45, 2.75) is 50.9 Å². The second-order valence-electron chi connectivity index (χ2n) is 10.5. The lowest BCUT2D eigenvalue weighted by atomic mass is 9.84. The minimum absolute atomic E-state index is 0.255. The van der Waals surface area contributed by atoms with E-state index >= 15 is 0 Å². The van der Waals surface area contributed by atoms with Crippen molar-refractivity contribution in [3.63, 3.8) is 0 Å². The summed E-state index contributed by atoms with van der Waals surface area (Å²) in [6.45, 7) is 6.96. The highest BCUT2D eigenvalue weighted by Gasteiger charge is 2.36. The Labute approximate surface area is 224 Å². The Morgan fingerprint density at radius 1 is 1.11 bits per heavy atom. The fourth-order valence-corrected chi connectivity index (χ4v) is 5.58. The molecule has 2 aliphatic heterocycles. The van der Waals surface area contributed by atoms with E-state index in [4.69, 9.17) is 21.1 Å². The van der Waals surface area contributed by atoms with Crippen LogP contribution in [0.3, 0.4) is 0 Å². The van der Waals surface area contributed by atoms with Gasteiger partial charge in [0.05, 0.1) is 16.9 Å². The third-order valence-electron chi connectivity index (χ3n) is 7.74.